The van der Waals surface area contributed by atoms with Crippen LogP contribution in [0.5, 0.6) is 0 Å². The Hall–Kier alpha value is -0.640. The molecule has 2 N–H and O–H groups in total. The summed E-state index contributed by atoms with van der Waals surface area (Å²) in [5.41, 5.74) is -0.608. The van der Waals surface area contributed by atoms with Crippen LogP contribution in [-0.4, -0.2) is 35.6 Å². The lowest BCUT2D eigenvalue weighted by Gasteiger charge is -2.46. The number of hydrogen-bond acceptors (Lipinski definition) is 3. The topological polar surface area (TPSA) is 49.7 Å². The van der Waals surface area contributed by atoms with Gasteiger partial charge in [0, 0.05) is 0 Å². The van der Waals surface area contributed by atoms with Crippen molar-refractivity contribution in [3.8, 4) is 0 Å². The normalized spacial score (nSPS) is 25.2. The zero-order chi connectivity index (χ0) is 9.19. The fourth-order valence-electron chi connectivity index (χ4n) is 1.32. The minimum Gasteiger partial charge on any atom is -0.388 e. The molecular formula is C9H14O3. The quantitative estimate of drug-likeness (QED) is 0.588. The second kappa shape index (κ2) is 3.39. The third-order valence-corrected chi connectivity index (χ3v) is 2.37. The molecule has 68 valence electrons. The molecule has 1 saturated heterocycles. The van der Waals surface area contributed by atoms with Gasteiger partial charge in [0.25, 0.3) is 0 Å². The highest BCUT2D eigenvalue weighted by molar-refractivity contribution is 5.08. The van der Waals surface area contributed by atoms with Gasteiger partial charge in [-0.15, -0.1) is 13.2 Å². The standard InChI is InChI=1S/C9H14O3/c1-3-7(10)9(5-12-6-9)8(11)4-2/h3-4,7-8,10-11H,1-2,5-6H2. The largest absolute Gasteiger partial charge is 0.388 e. The fraction of sp³-hybridized carbons (Fsp3) is 0.556. The fourth-order valence-corrected chi connectivity index (χ4v) is 1.32. The monoisotopic (exact) mass is 170 g/mol. The van der Waals surface area contributed by atoms with Crippen molar-refractivity contribution in [3.05, 3.63) is 25.3 Å². The van der Waals surface area contributed by atoms with Gasteiger partial charge in [0.15, 0.2) is 0 Å². The maximum absolute atomic E-state index is 9.52. The molecule has 1 aliphatic rings. The third-order valence-electron chi connectivity index (χ3n) is 2.37. The molecule has 0 saturated carbocycles. The van der Waals surface area contributed by atoms with Crippen molar-refractivity contribution in [1.82, 2.24) is 0 Å². The summed E-state index contributed by atoms with van der Waals surface area (Å²) in [6.45, 7) is 7.66. The Morgan fingerprint density at radius 2 is 1.58 bits per heavy atom. The molecule has 0 bridgehead atoms. The Labute approximate surface area is 72.0 Å². The van der Waals surface area contributed by atoms with Gasteiger partial charge in [-0.1, -0.05) is 12.2 Å². The highest BCUT2D eigenvalue weighted by atomic mass is 16.5. The molecule has 1 heterocycles. The molecule has 1 rings (SSSR count). The van der Waals surface area contributed by atoms with Crippen LogP contribution in [0, 0.1) is 5.41 Å². The molecule has 0 aromatic heterocycles. The lowest BCUT2D eigenvalue weighted by molar-refractivity contribution is -0.197. The van der Waals surface area contributed by atoms with Gasteiger partial charge in [-0.2, -0.15) is 0 Å². The molecule has 2 unspecified atom stereocenters. The average molecular weight is 170 g/mol. The van der Waals surface area contributed by atoms with E-state index < -0.39 is 17.6 Å². The molecule has 2 atom stereocenters. The molecule has 0 aromatic rings. The van der Waals surface area contributed by atoms with Crippen LogP contribution in [0.2, 0.25) is 0 Å². The summed E-state index contributed by atoms with van der Waals surface area (Å²) in [7, 11) is 0. The summed E-state index contributed by atoms with van der Waals surface area (Å²) in [6.07, 6.45) is 1.35. The smallest absolute Gasteiger partial charge is 0.0847 e. The molecule has 0 radical (unpaired) electrons. The molecule has 0 aromatic carbocycles. The van der Waals surface area contributed by atoms with E-state index in [0.29, 0.717) is 13.2 Å². The van der Waals surface area contributed by atoms with Crippen molar-refractivity contribution in [2.24, 2.45) is 5.41 Å². The van der Waals surface area contributed by atoms with E-state index >= 15 is 0 Å². The SMILES string of the molecule is C=CC(O)C1(C(O)C=C)COC1. The van der Waals surface area contributed by atoms with Gasteiger partial charge < -0.3 is 14.9 Å². The van der Waals surface area contributed by atoms with Gasteiger partial charge >= 0.3 is 0 Å². The molecule has 0 amide bonds. The van der Waals surface area contributed by atoms with Crippen LogP contribution in [0.3, 0.4) is 0 Å². The van der Waals surface area contributed by atoms with Gasteiger partial charge in [0.2, 0.25) is 0 Å². The second-order valence-electron chi connectivity index (χ2n) is 3.09. The lowest BCUT2D eigenvalue weighted by Crippen LogP contribution is -2.57. The van der Waals surface area contributed by atoms with E-state index in [1.54, 1.807) is 0 Å². The van der Waals surface area contributed by atoms with Gasteiger partial charge in [-0.3, -0.25) is 0 Å². The molecule has 12 heavy (non-hydrogen) atoms. The molecule has 0 aliphatic carbocycles. The minimum absolute atomic E-state index is 0.355. The van der Waals surface area contributed by atoms with Gasteiger partial charge in [-0.05, 0) is 0 Å². The first-order chi connectivity index (χ1) is 5.67. The van der Waals surface area contributed by atoms with Crippen molar-refractivity contribution in [2.45, 2.75) is 12.2 Å². The lowest BCUT2D eigenvalue weighted by atomic mass is 9.75. The first kappa shape index (κ1) is 9.45. The van der Waals surface area contributed by atoms with E-state index in [0.717, 1.165) is 0 Å². The Morgan fingerprint density at radius 3 is 1.75 bits per heavy atom. The maximum Gasteiger partial charge on any atom is 0.0847 e. The zero-order valence-corrected chi connectivity index (χ0v) is 6.94. The van der Waals surface area contributed by atoms with E-state index in [1.165, 1.54) is 12.2 Å². The third kappa shape index (κ3) is 1.20. The first-order valence-electron chi connectivity index (χ1n) is 3.86. The summed E-state index contributed by atoms with van der Waals surface area (Å²) in [4.78, 5) is 0. The number of hydrogen-bond donors (Lipinski definition) is 2. The number of aliphatic hydroxyl groups excluding tert-OH is 2. The van der Waals surface area contributed by atoms with Crippen LogP contribution in [0.25, 0.3) is 0 Å². The van der Waals surface area contributed by atoms with Crippen LogP contribution in [0.4, 0.5) is 0 Å². The summed E-state index contributed by atoms with van der Waals surface area (Å²) < 4.78 is 4.97. The van der Waals surface area contributed by atoms with Crippen LogP contribution >= 0.6 is 0 Å². The molecule has 3 nitrogen and oxygen atoms in total. The van der Waals surface area contributed by atoms with E-state index in [2.05, 4.69) is 13.2 Å². The predicted molar refractivity (Wildman–Crippen MR) is 45.7 cm³/mol. The van der Waals surface area contributed by atoms with Crippen molar-refractivity contribution >= 4 is 0 Å². The first-order valence-corrected chi connectivity index (χ1v) is 3.86. The van der Waals surface area contributed by atoms with Gasteiger partial charge in [-0.25, -0.2) is 0 Å². The predicted octanol–water partition coefficient (Wildman–Crippen LogP) is 0.0968. The van der Waals surface area contributed by atoms with Gasteiger partial charge in [0.05, 0.1) is 30.8 Å². The van der Waals surface area contributed by atoms with Crippen molar-refractivity contribution in [2.75, 3.05) is 13.2 Å². The Bertz CT molecular complexity index is 168. The molecule has 1 aliphatic heterocycles. The van der Waals surface area contributed by atoms with E-state index in [9.17, 15) is 10.2 Å². The van der Waals surface area contributed by atoms with Crippen LogP contribution in [0.15, 0.2) is 25.3 Å². The van der Waals surface area contributed by atoms with Crippen molar-refractivity contribution in [3.63, 3.8) is 0 Å². The Balaban J connectivity index is 2.74. The van der Waals surface area contributed by atoms with Crippen LogP contribution < -0.4 is 0 Å². The number of rotatable bonds is 4. The number of aliphatic hydroxyl groups is 2. The highest BCUT2D eigenvalue weighted by Gasteiger charge is 2.48. The molecule has 3 heteroatoms. The summed E-state index contributed by atoms with van der Waals surface area (Å²) in [5, 5.41) is 19.0. The molecule has 0 spiro atoms. The maximum atomic E-state index is 9.52. The molecule has 1 fully saturated rings. The van der Waals surface area contributed by atoms with Crippen LogP contribution in [0.1, 0.15) is 0 Å². The Morgan fingerprint density at radius 1 is 1.17 bits per heavy atom. The summed E-state index contributed by atoms with van der Waals surface area (Å²) in [6, 6.07) is 0. The average Bonchev–Trinajstić information content (AvgIpc) is 2.01. The van der Waals surface area contributed by atoms with Crippen LogP contribution in [-0.2, 0) is 4.74 Å². The molecular weight excluding hydrogens is 156 g/mol. The van der Waals surface area contributed by atoms with E-state index in [1.807, 2.05) is 0 Å². The summed E-state index contributed by atoms with van der Waals surface area (Å²) in [5.74, 6) is 0. The summed E-state index contributed by atoms with van der Waals surface area (Å²) >= 11 is 0. The van der Waals surface area contributed by atoms with Crippen molar-refractivity contribution < 1.29 is 14.9 Å². The highest BCUT2D eigenvalue weighted by Crippen LogP contribution is 2.36. The van der Waals surface area contributed by atoms with Crippen molar-refractivity contribution in [1.29, 1.82) is 0 Å². The van der Waals surface area contributed by atoms with E-state index in [-0.39, 0.29) is 0 Å². The zero-order valence-electron chi connectivity index (χ0n) is 6.94. The van der Waals surface area contributed by atoms with Gasteiger partial charge in [0.1, 0.15) is 0 Å². The Kier molecular flexibility index (Phi) is 2.67. The second-order valence-corrected chi connectivity index (χ2v) is 3.09. The minimum atomic E-state index is -0.737. The van der Waals surface area contributed by atoms with E-state index in [4.69, 9.17) is 4.74 Å². The number of ether oxygens (including phenoxy) is 1.